The molecule has 0 saturated carbocycles. The number of rotatable bonds is 10. The fraction of sp³-hybridized carbons (Fsp3) is 0.118. The molecule has 2 aromatic heterocycles. The summed E-state index contributed by atoms with van der Waals surface area (Å²) in [5.41, 5.74) is 16.7. The first-order valence-corrected chi connectivity index (χ1v) is 38.7. The maximum atomic E-state index is 16.2. The first-order valence-electron chi connectivity index (χ1n) is 38.7. The number of hydrogen-bond donors (Lipinski definition) is 0. The van der Waals surface area contributed by atoms with Gasteiger partial charge in [-0.25, -0.2) is 43.9 Å². The van der Waals surface area contributed by atoms with Crippen molar-refractivity contribution in [3.63, 3.8) is 0 Å². The third-order valence-electron chi connectivity index (χ3n) is 23.3. The van der Waals surface area contributed by atoms with Crippen molar-refractivity contribution in [2.75, 3.05) is 9.80 Å². The van der Waals surface area contributed by atoms with Crippen LogP contribution in [0, 0.1) is 58.2 Å². The quantitative estimate of drug-likeness (QED) is 0.0591. The summed E-state index contributed by atoms with van der Waals surface area (Å²) < 4.78 is 169. The van der Waals surface area contributed by atoms with E-state index in [9.17, 15) is 8.78 Å². The van der Waals surface area contributed by atoms with Crippen molar-refractivity contribution in [3.8, 4) is 89.0 Å². The molecule has 4 heterocycles. The summed E-state index contributed by atoms with van der Waals surface area (Å²) in [5, 5.41) is 1.71. The predicted molar refractivity (Wildman–Crippen MR) is 454 cm³/mol. The van der Waals surface area contributed by atoms with Gasteiger partial charge < -0.3 is 18.6 Å². The van der Waals surface area contributed by atoms with E-state index in [1.807, 2.05) is 60.7 Å². The molecule has 0 saturated heterocycles. The van der Waals surface area contributed by atoms with E-state index < -0.39 is 81.4 Å². The van der Waals surface area contributed by atoms with Crippen molar-refractivity contribution < 1.29 is 52.7 Å². The number of nitrogens with zero attached hydrogens (tertiary/aromatic N) is 2. The van der Waals surface area contributed by atoms with Gasteiger partial charge in [0.2, 0.25) is 11.6 Å². The Kier molecular flexibility index (Phi) is 17.2. The molecule has 2 aliphatic rings. The number of halogens is 10. The molecule has 0 spiro atoms. The van der Waals surface area contributed by atoms with Crippen LogP contribution in [-0.4, -0.2) is 6.71 Å². The van der Waals surface area contributed by atoms with Crippen molar-refractivity contribution in [2.24, 2.45) is 0 Å². The van der Waals surface area contributed by atoms with Gasteiger partial charge in [-0.1, -0.05) is 281 Å². The summed E-state index contributed by atoms with van der Waals surface area (Å²) >= 11 is 0. The van der Waals surface area contributed by atoms with Crippen LogP contribution in [0.25, 0.3) is 133 Å². The molecule has 0 amide bonds. The molecule has 117 heavy (non-hydrogen) atoms. The van der Waals surface area contributed by atoms with Crippen LogP contribution in [-0.2, 0) is 16.2 Å². The fourth-order valence-corrected chi connectivity index (χ4v) is 17.4. The first-order chi connectivity index (χ1) is 56.1. The molecular weight excluding hydrogens is 1490 g/mol. The van der Waals surface area contributed by atoms with Gasteiger partial charge in [0.15, 0.2) is 46.5 Å². The van der Waals surface area contributed by atoms with Gasteiger partial charge in [0, 0.05) is 88.8 Å². The summed E-state index contributed by atoms with van der Waals surface area (Å²) in [6.45, 7) is 19.2. The number of benzene rings is 15. The average molecular weight is 1560 g/mol. The Hall–Kier alpha value is -13.1. The van der Waals surface area contributed by atoms with Gasteiger partial charge in [-0.3, -0.25) is 0 Å². The molecule has 4 nitrogen and oxygen atoms in total. The maximum absolute atomic E-state index is 16.2. The fourth-order valence-electron chi connectivity index (χ4n) is 17.4. The van der Waals surface area contributed by atoms with E-state index in [0.29, 0.717) is 43.8 Å². The van der Waals surface area contributed by atoms with Crippen LogP contribution in [0.5, 0.6) is 0 Å². The second-order valence-corrected chi connectivity index (χ2v) is 33.5. The minimum absolute atomic E-state index is 0.108. The molecule has 0 N–H and O–H groups in total. The molecule has 15 heteroatoms. The van der Waals surface area contributed by atoms with Gasteiger partial charge in [-0.15, -0.1) is 0 Å². The monoisotopic (exact) mass is 1560 g/mol. The molecule has 2 aliphatic heterocycles. The van der Waals surface area contributed by atoms with Gasteiger partial charge in [0.05, 0.1) is 22.5 Å². The van der Waals surface area contributed by atoms with E-state index in [2.05, 4.69) is 230 Å². The molecule has 19 rings (SSSR count). The van der Waals surface area contributed by atoms with Gasteiger partial charge >= 0.3 is 0 Å². The average Bonchev–Trinajstić information content (AvgIpc) is 1.14. The Bertz CT molecular complexity index is 6430. The zero-order chi connectivity index (χ0) is 81.3. The van der Waals surface area contributed by atoms with Crippen molar-refractivity contribution in [3.05, 3.63) is 342 Å². The summed E-state index contributed by atoms with van der Waals surface area (Å²) in [6, 6.07) is 88.0. The van der Waals surface area contributed by atoms with Crippen molar-refractivity contribution >= 4 is 101 Å². The number of para-hydroxylation sites is 4. The van der Waals surface area contributed by atoms with E-state index >= 15 is 35.1 Å². The summed E-state index contributed by atoms with van der Waals surface area (Å²) in [4.78, 5) is 4.87. The van der Waals surface area contributed by atoms with Crippen molar-refractivity contribution in [1.82, 2.24) is 0 Å². The largest absolute Gasteiger partial charge is 0.455 e. The lowest BCUT2D eigenvalue weighted by Gasteiger charge is -2.47. The third-order valence-corrected chi connectivity index (χ3v) is 23.3. The Morgan fingerprint density at radius 3 is 0.795 bits per heavy atom. The molecule has 0 radical (unpaired) electrons. The van der Waals surface area contributed by atoms with E-state index in [-0.39, 0.29) is 44.3 Å². The van der Waals surface area contributed by atoms with Crippen LogP contribution in [0.4, 0.5) is 78.0 Å². The Balaban J connectivity index is 0.974. The van der Waals surface area contributed by atoms with Gasteiger partial charge in [-0.05, 0) is 131 Å². The van der Waals surface area contributed by atoms with Crippen LogP contribution in [0.1, 0.15) is 79.0 Å². The van der Waals surface area contributed by atoms with Crippen molar-refractivity contribution in [2.45, 2.75) is 78.6 Å². The van der Waals surface area contributed by atoms with Crippen LogP contribution >= 0.6 is 0 Å². The number of hydrogen-bond acceptors (Lipinski definition) is 4. The summed E-state index contributed by atoms with van der Waals surface area (Å²) in [7, 11) is 0. The molecule has 15 aromatic carbocycles. The highest BCUT2D eigenvalue weighted by Gasteiger charge is 2.47. The Morgan fingerprint density at radius 2 is 0.504 bits per heavy atom. The Morgan fingerprint density at radius 1 is 0.239 bits per heavy atom. The highest BCUT2D eigenvalue weighted by molar-refractivity contribution is 7.00. The molecule has 0 bridgehead atoms. The SMILES string of the molecule is CC(C)(C)c1cc(-c2ccccc2)c(N2c3ccc(-c4cccc5c4oc4c(-c6c(F)c(F)c(F)c(F)c6F)cccc45)cc3B3c4cc(-c5cccc6c5oc5c(-c7c(F)c(F)c(F)c(F)c7F)cccc56)ccc4N(c4c(-c5ccccc5)cc(C(C)(C)C)cc4-c4ccccc4)c4cc(C(C)(C)C)cc2c43)c(-c2ccccc2)c1. The van der Waals surface area contributed by atoms with Gasteiger partial charge in [-0.2, -0.15) is 0 Å². The van der Waals surface area contributed by atoms with Crippen LogP contribution in [0.2, 0.25) is 0 Å². The van der Waals surface area contributed by atoms with Crippen molar-refractivity contribution in [1.29, 1.82) is 0 Å². The molecule has 574 valence electrons. The summed E-state index contributed by atoms with van der Waals surface area (Å²) in [6.07, 6.45) is 0. The maximum Gasteiger partial charge on any atom is 0.252 e. The zero-order valence-corrected chi connectivity index (χ0v) is 65.0. The highest BCUT2D eigenvalue weighted by atomic mass is 19.2. The standard InChI is InChI=1S/C102H71BF10N2O2/c1-100(2,3)60-48-71(54-26-14-10-15-27-54)94(72(49-60)55-28-16-11-17-29-55)114-77-44-42-58(63-34-22-36-65-67-38-24-40-69(98(67)116-96(63)65)81-84(104)88(108)92(112)89(109)85(81)105)46-75(77)103-76-47-59(64-35-23-37-66-68-39-25-41-70(99(68)117-97(64)66)82-86(106)90(110)93(113)91(111)87(82)107)43-45-78(76)115(80-53-62(102(7,8)9)52-79(114)83(80)103)95-73(56-30-18-12-19-31-56)50-61(101(4,5)6)51-74(95)57-32-20-13-21-33-57/h10-53H,1-9H3. The lowest BCUT2D eigenvalue weighted by Crippen LogP contribution is -2.61. The predicted octanol–water partition coefficient (Wildman–Crippen LogP) is 28.2. The minimum Gasteiger partial charge on any atom is -0.455 e. The third kappa shape index (κ3) is 11.7. The van der Waals surface area contributed by atoms with Crippen LogP contribution in [0.3, 0.4) is 0 Å². The van der Waals surface area contributed by atoms with E-state index in [4.69, 9.17) is 8.83 Å². The van der Waals surface area contributed by atoms with E-state index in [1.54, 1.807) is 24.3 Å². The lowest BCUT2D eigenvalue weighted by molar-refractivity contribution is 0.381. The molecule has 0 aliphatic carbocycles. The molecule has 0 fully saturated rings. The second kappa shape index (κ2) is 27.3. The first kappa shape index (κ1) is 74.0. The normalized spacial score (nSPS) is 12.9. The van der Waals surface area contributed by atoms with E-state index in [1.165, 1.54) is 24.3 Å². The number of fused-ring (bicyclic) bond motifs is 10. The smallest absolute Gasteiger partial charge is 0.252 e. The number of furan rings is 2. The molecule has 0 unspecified atom stereocenters. The van der Waals surface area contributed by atoms with Crippen LogP contribution < -0.4 is 26.2 Å². The molecule has 0 atom stereocenters. The second-order valence-electron chi connectivity index (χ2n) is 33.5. The molecular formula is C102H71BF10N2O2. The van der Waals surface area contributed by atoms with E-state index in [0.717, 1.165) is 112 Å². The lowest BCUT2D eigenvalue weighted by atomic mass is 9.33. The minimum atomic E-state index is -2.29. The number of anilines is 6. The summed E-state index contributed by atoms with van der Waals surface area (Å²) in [5.74, 6) is -21.0. The topological polar surface area (TPSA) is 32.8 Å². The Labute approximate surface area is 669 Å². The molecule has 17 aromatic rings. The van der Waals surface area contributed by atoms with Crippen LogP contribution in [0.15, 0.2) is 276 Å². The highest BCUT2D eigenvalue weighted by Crippen LogP contribution is 2.57. The van der Waals surface area contributed by atoms with Gasteiger partial charge in [0.25, 0.3) is 6.71 Å². The zero-order valence-electron chi connectivity index (χ0n) is 65.0. The van der Waals surface area contributed by atoms with Gasteiger partial charge in [0.1, 0.15) is 22.3 Å².